The first kappa shape index (κ1) is 44.3. The number of benzene rings is 4. The molecule has 6 rings (SSSR count). The fraction of sp³-hybridized carbons (Fsp3) is 0.311. The van der Waals surface area contributed by atoms with Crippen molar-refractivity contribution < 1.29 is 33.4 Å². The molecule has 1 atom stereocenters. The predicted octanol–water partition coefficient (Wildman–Crippen LogP) is 8.06. The Labute approximate surface area is 353 Å². The van der Waals surface area contributed by atoms with E-state index in [0.29, 0.717) is 22.6 Å². The standard InChI is InChI=1S/C43H40ClN5O7S.C2H6/c1-43(2,30-10-7-26(8-11-30)27-9-14-36-29(20-27)25-47-42(48-36)57-4)31-21-28(24-45)38(35(44)22-31)56-19-17-54-16-18-55-32-12-13-33-34(23-32)41(53)49(40(33)52)37(6-5-15-50)39(51)46-3;1-2/h7-15,20-23,25,37H,5-6,16-19H2,1-4H3,(H,46,51);1-2H3. The molecule has 5 aromatic rings. The van der Waals surface area contributed by atoms with Gasteiger partial charge in [-0.3, -0.25) is 19.3 Å². The van der Waals surface area contributed by atoms with Crippen molar-refractivity contribution >= 4 is 58.3 Å². The molecular weight excluding hydrogens is 790 g/mol. The van der Waals surface area contributed by atoms with Crippen LogP contribution < -0.4 is 14.8 Å². The Morgan fingerprint density at radius 1 is 0.932 bits per heavy atom. The number of nitriles is 1. The van der Waals surface area contributed by atoms with Crippen LogP contribution in [0.2, 0.25) is 5.02 Å². The molecule has 59 heavy (non-hydrogen) atoms. The van der Waals surface area contributed by atoms with Crippen LogP contribution in [0.15, 0.2) is 84.1 Å². The molecule has 0 fully saturated rings. The molecule has 14 heteroatoms. The lowest BCUT2D eigenvalue weighted by Crippen LogP contribution is -2.48. The number of hydrogen-bond acceptors (Lipinski definition) is 11. The second-order valence-electron chi connectivity index (χ2n) is 13.7. The smallest absolute Gasteiger partial charge is 0.262 e. The van der Waals surface area contributed by atoms with E-state index in [-0.39, 0.29) is 56.1 Å². The van der Waals surface area contributed by atoms with Crippen LogP contribution in [0.5, 0.6) is 11.5 Å². The molecule has 12 nitrogen and oxygen atoms in total. The van der Waals surface area contributed by atoms with Gasteiger partial charge in [0.15, 0.2) is 10.9 Å². The van der Waals surface area contributed by atoms with Crippen LogP contribution in [-0.4, -0.2) is 84.6 Å². The maximum Gasteiger partial charge on any atom is 0.262 e. The minimum Gasteiger partial charge on any atom is -0.491 e. The van der Waals surface area contributed by atoms with Crippen LogP contribution >= 0.6 is 23.4 Å². The molecule has 2 heterocycles. The Morgan fingerprint density at radius 2 is 1.63 bits per heavy atom. The van der Waals surface area contributed by atoms with Gasteiger partial charge in [0, 0.05) is 30.5 Å². The Balaban J connectivity index is 0.00000326. The highest BCUT2D eigenvalue weighted by molar-refractivity contribution is 7.98. The number of rotatable bonds is 17. The lowest BCUT2D eigenvalue weighted by atomic mass is 9.77. The number of halogens is 1. The molecule has 3 amide bonds. The van der Waals surface area contributed by atoms with Crippen molar-refractivity contribution in [1.82, 2.24) is 20.2 Å². The molecule has 0 bridgehead atoms. The second kappa shape index (κ2) is 20.2. The van der Waals surface area contributed by atoms with Gasteiger partial charge in [-0.15, -0.1) is 0 Å². The van der Waals surface area contributed by atoms with Crippen LogP contribution in [-0.2, 0) is 19.7 Å². The van der Waals surface area contributed by atoms with Crippen LogP contribution in [0.1, 0.15) is 77.9 Å². The first-order valence-electron chi connectivity index (χ1n) is 19.2. The normalized spacial score (nSPS) is 12.6. The summed E-state index contributed by atoms with van der Waals surface area (Å²) in [5.41, 5.74) is 5.03. The number of fused-ring (bicyclic) bond motifs is 2. The number of carbonyl (C=O) groups excluding carboxylic acids is 4. The van der Waals surface area contributed by atoms with Crippen molar-refractivity contribution in [3.05, 3.63) is 112 Å². The monoisotopic (exact) mass is 835 g/mol. The Hall–Kier alpha value is -5.81. The zero-order valence-corrected chi connectivity index (χ0v) is 35.4. The third kappa shape index (κ3) is 9.91. The highest BCUT2D eigenvalue weighted by Gasteiger charge is 2.42. The zero-order chi connectivity index (χ0) is 42.7. The number of amides is 3. The molecule has 1 aromatic heterocycles. The number of carbonyl (C=O) groups is 4. The van der Waals surface area contributed by atoms with E-state index in [4.69, 9.17) is 25.8 Å². The number of aromatic nitrogens is 2. The average molecular weight is 836 g/mol. The van der Waals surface area contributed by atoms with Gasteiger partial charge < -0.3 is 24.3 Å². The Bertz CT molecular complexity index is 2380. The zero-order valence-electron chi connectivity index (χ0n) is 33.8. The molecular formula is C45H46ClN5O7S. The van der Waals surface area contributed by atoms with Crippen molar-refractivity contribution in [1.29, 1.82) is 5.26 Å². The van der Waals surface area contributed by atoms with Gasteiger partial charge in [-0.1, -0.05) is 81.4 Å². The average Bonchev–Trinajstić information content (AvgIpc) is 3.51. The molecule has 0 aliphatic carbocycles. The van der Waals surface area contributed by atoms with E-state index in [9.17, 15) is 24.4 Å². The molecule has 0 saturated carbocycles. The fourth-order valence-electron chi connectivity index (χ4n) is 6.63. The molecule has 1 aliphatic heterocycles. The summed E-state index contributed by atoms with van der Waals surface area (Å²) in [4.78, 5) is 59.4. The molecule has 0 radical (unpaired) electrons. The first-order valence-corrected chi connectivity index (χ1v) is 20.8. The molecule has 1 aliphatic rings. The quantitative estimate of drug-likeness (QED) is 0.0317. The van der Waals surface area contributed by atoms with Gasteiger partial charge in [-0.25, -0.2) is 9.97 Å². The first-order chi connectivity index (χ1) is 28.5. The predicted molar refractivity (Wildman–Crippen MR) is 228 cm³/mol. The summed E-state index contributed by atoms with van der Waals surface area (Å²) in [6, 6.07) is 23.7. The molecule has 0 saturated heterocycles. The summed E-state index contributed by atoms with van der Waals surface area (Å²) < 4.78 is 17.3. The van der Waals surface area contributed by atoms with Crippen LogP contribution in [0.4, 0.5) is 0 Å². The molecule has 4 aromatic carbocycles. The van der Waals surface area contributed by atoms with Crippen LogP contribution in [0, 0.1) is 11.3 Å². The maximum atomic E-state index is 13.2. The van der Waals surface area contributed by atoms with Crippen molar-refractivity contribution in [2.45, 2.75) is 57.1 Å². The van der Waals surface area contributed by atoms with E-state index >= 15 is 0 Å². The van der Waals surface area contributed by atoms with E-state index in [0.717, 1.165) is 43.2 Å². The lowest BCUT2D eigenvalue weighted by Gasteiger charge is -2.27. The topological polar surface area (TPSA) is 161 Å². The highest BCUT2D eigenvalue weighted by atomic mass is 35.5. The molecule has 1 unspecified atom stereocenters. The largest absolute Gasteiger partial charge is 0.491 e. The minimum absolute atomic E-state index is 0.0171. The number of thioether (sulfide) groups is 1. The van der Waals surface area contributed by atoms with Gasteiger partial charge in [0.1, 0.15) is 37.4 Å². The number of likely N-dealkylation sites (N-methyl/N-ethyl adjacent to an activating group) is 1. The molecule has 1 N–H and O–H groups in total. The van der Waals surface area contributed by atoms with Crippen LogP contribution in [0.3, 0.4) is 0 Å². The van der Waals surface area contributed by atoms with Gasteiger partial charge >= 0.3 is 0 Å². The van der Waals surface area contributed by atoms with E-state index in [1.54, 1.807) is 12.1 Å². The summed E-state index contributed by atoms with van der Waals surface area (Å²) in [5, 5.41) is 14.5. The number of hydrogen-bond donors (Lipinski definition) is 1. The summed E-state index contributed by atoms with van der Waals surface area (Å²) in [6.07, 6.45) is 4.47. The van der Waals surface area contributed by atoms with E-state index < -0.39 is 29.2 Å². The second-order valence-corrected chi connectivity index (χ2v) is 14.8. The third-order valence-electron chi connectivity index (χ3n) is 9.84. The van der Waals surface area contributed by atoms with Crippen molar-refractivity contribution in [2.75, 3.05) is 39.7 Å². The minimum atomic E-state index is -1.10. The SMILES string of the molecule is CC.CNC(=O)C(CCC=O)N1C(=O)c2ccc(OCCOCCOc3c(Cl)cc(C(C)(C)c4ccc(-c5ccc6nc(SC)ncc6c5)cc4)cc3C#N)cc2C1=O. The maximum absolute atomic E-state index is 13.2. The van der Waals surface area contributed by atoms with Gasteiger partial charge in [-0.2, -0.15) is 5.26 Å². The third-order valence-corrected chi connectivity index (χ3v) is 10.7. The van der Waals surface area contributed by atoms with Crippen molar-refractivity contribution in [2.24, 2.45) is 0 Å². The number of imide groups is 1. The summed E-state index contributed by atoms with van der Waals surface area (Å²) in [7, 11) is 1.40. The van der Waals surface area contributed by atoms with E-state index in [1.165, 1.54) is 30.9 Å². The van der Waals surface area contributed by atoms with Gasteiger partial charge in [0.25, 0.3) is 11.8 Å². The number of nitrogens with one attached hydrogen (secondary N) is 1. The van der Waals surface area contributed by atoms with Crippen LogP contribution in [0.25, 0.3) is 22.0 Å². The van der Waals surface area contributed by atoms with Gasteiger partial charge in [-0.05, 0) is 77.4 Å². The fourth-order valence-corrected chi connectivity index (χ4v) is 7.25. The van der Waals surface area contributed by atoms with Crippen molar-refractivity contribution in [3.8, 4) is 28.7 Å². The molecule has 0 spiro atoms. The molecule has 306 valence electrons. The summed E-state index contributed by atoms with van der Waals surface area (Å²) in [6.45, 7) is 8.79. The Kier molecular flexibility index (Phi) is 15.2. The van der Waals surface area contributed by atoms with E-state index in [1.807, 2.05) is 38.4 Å². The number of ether oxygens (including phenoxy) is 3. The highest BCUT2D eigenvalue weighted by Crippen LogP contribution is 2.39. The number of aldehydes is 1. The Morgan fingerprint density at radius 3 is 2.31 bits per heavy atom. The van der Waals surface area contributed by atoms with E-state index in [2.05, 4.69) is 71.6 Å². The lowest BCUT2D eigenvalue weighted by molar-refractivity contribution is -0.124. The van der Waals surface area contributed by atoms with Gasteiger partial charge in [0.05, 0.1) is 40.4 Å². The summed E-state index contributed by atoms with van der Waals surface area (Å²) in [5.74, 6) is -1.15. The summed E-state index contributed by atoms with van der Waals surface area (Å²) >= 11 is 8.22. The van der Waals surface area contributed by atoms with Crippen molar-refractivity contribution in [3.63, 3.8) is 0 Å². The number of nitrogens with zero attached hydrogens (tertiary/aromatic N) is 4. The van der Waals surface area contributed by atoms with Gasteiger partial charge in [0.2, 0.25) is 5.91 Å².